The van der Waals surface area contributed by atoms with Crippen LogP contribution in [-0.4, -0.2) is 44.3 Å². The van der Waals surface area contributed by atoms with Gasteiger partial charge in [0.1, 0.15) is 12.6 Å². The van der Waals surface area contributed by atoms with Crippen molar-refractivity contribution in [3.63, 3.8) is 0 Å². The average molecular weight is 683 g/mol. The molecule has 0 aromatic heterocycles. The molecule has 0 spiro atoms. The summed E-state index contributed by atoms with van der Waals surface area (Å²) in [5, 5.41) is 3.34. The van der Waals surface area contributed by atoms with Gasteiger partial charge in [-0.1, -0.05) is 93.8 Å². The Kier molecular flexibility index (Phi) is 11.0. The Labute approximate surface area is 266 Å². The van der Waals surface area contributed by atoms with Gasteiger partial charge in [0.15, 0.2) is 0 Å². The Balaban J connectivity index is 1.80. The minimum absolute atomic E-state index is 0.0466. The number of benzene rings is 4. The summed E-state index contributed by atoms with van der Waals surface area (Å²) >= 11 is 9.70. The number of carbonyl (C=O) groups is 2. The zero-order valence-electron chi connectivity index (χ0n) is 23.9. The number of nitrogens with zero attached hydrogens (tertiary/aromatic N) is 2. The molecule has 0 saturated carbocycles. The van der Waals surface area contributed by atoms with Crippen molar-refractivity contribution in [2.45, 2.75) is 37.8 Å². The number of rotatable bonds is 12. The third-order valence-corrected chi connectivity index (χ3v) is 9.36. The summed E-state index contributed by atoms with van der Waals surface area (Å²) in [6.07, 6.45) is 0.237. The second-order valence-corrected chi connectivity index (χ2v) is 13.3. The maximum Gasteiger partial charge on any atom is 0.264 e. The highest BCUT2D eigenvalue weighted by atomic mass is 79.9. The largest absolute Gasteiger partial charge is 0.355 e. The molecule has 4 rings (SSSR count). The van der Waals surface area contributed by atoms with Crippen LogP contribution in [0.15, 0.2) is 112 Å². The molecule has 0 fully saturated rings. The zero-order chi connectivity index (χ0) is 31.0. The molecule has 0 aliphatic carbocycles. The van der Waals surface area contributed by atoms with Crippen molar-refractivity contribution >= 4 is 55.1 Å². The van der Waals surface area contributed by atoms with Crippen LogP contribution in [0.4, 0.5) is 5.69 Å². The highest BCUT2D eigenvalue weighted by Crippen LogP contribution is 2.27. The highest BCUT2D eigenvalue weighted by Gasteiger charge is 2.34. The van der Waals surface area contributed by atoms with E-state index >= 15 is 0 Å². The van der Waals surface area contributed by atoms with Crippen LogP contribution < -0.4 is 9.62 Å². The third kappa shape index (κ3) is 8.46. The maximum atomic E-state index is 14.4. The fourth-order valence-electron chi connectivity index (χ4n) is 4.68. The number of halogens is 2. The summed E-state index contributed by atoms with van der Waals surface area (Å²) < 4.78 is 29.9. The molecule has 0 unspecified atom stereocenters. The fraction of sp³-hybridized carbons (Fsp3) is 0.212. The fourth-order valence-corrected chi connectivity index (χ4v) is 6.68. The van der Waals surface area contributed by atoms with Crippen LogP contribution >= 0.6 is 27.5 Å². The van der Waals surface area contributed by atoms with Crippen LogP contribution in [0.5, 0.6) is 0 Å². The van der Waals surface area contributed by atoms with E-state index in [9.17, 15) is 18.0 Å². The van der Waals surface area contributed by atoms with Gasteiger partial charge in [-0.25, -0.2) is 8.42 Å². The number of aryl methyl sites for hydroxylation is 1. The first-order chi connectivity index (χ1) is 20.6. The first kappa shape index (κ1) is 32.3. The number of hydrogen-bond acceptors (Lipinski definition) is 4. The van der Waals surface area contributed by atoms with E-state index in [0.717, 1.165) is 15.4 Å². The van der Waals surface area contributed by atoms with Gasteiger partial charge in [-0.15, -0.1) is 0 Å². The van der Waals surface area contributed by atoms with Gasteiger partial charge in [0.2, 0.25) is 11.8 Å². The summed E-state index contributed by atoms with van der Waals surface area (Å²) in [5.74, 6) is -0.875. The second kappa shape index (κ2) is 14.7. The minimum atomic E-state index is -4.17. The summed E-state index contributed by atoms with van der Waals surface area (Å²) in [6.45, 7) is 3.57. The number of sulfonamides is 1. The van der Waals surface area contributed by atoms with E-state index in [-0.39, 0.29) is 23.8 Å². The predicted molar refractivity (Wildman–Crippen MR) is 174 cm³/mol. The molecule has 0 saturated heterocycles. The Morgan fingerprint density at radius 2 is 1.56 bits per heavy atom. The Hall–Kier alpha value is -3.66. The summed E-state index contributed by atoms with van der Waals surface area (Å²) in [7, 11) is -4.17. The number of carbonyl (C=O) groups excluding carboxylic acids is 2. The van der Waals surface area contributed by atoms with Crippen LogP contribution in [-0.2, 0) is 32.6 Å². The van der Waals surface area contributed by atoms with E-state index in [2.05, 4.69) is 21.2 Å². The Bertz CT molecular complexity index is 1670. The highest BCUT2D eigenvalue weighted by molar-refractivity contribution is 9.10. The third-order valence-electron chi connectivity index (χ3n) is 6.85. The standard InChI is InChI=1S/C33H33BrClN3O4S/c1-3-36-33(40)31(20-25-9-5-4-6-10-25)37(22-26-11-7-13-28(35)19-26)32(39)23-38(29-14-8-12-27(34)21-29)43(41,42)30-17-15-24(2)16-18-30/h4-19,21,31H,3,20,22-23H2,1-2H3,(H,36,40)/t31-/m0/s1. The van der Waals surface area contributed by atoms with Crippen molar-refractivity contribution < 1.29 is 18.0 Å². The van der Waals surface area contributed by atoms with Crippen molar-refractivity contribution in [2.75, 3.05) is 17.4 Å². The normalized spacial score (nSPS) is 11.9. The van der Waals surface area contributed by atoms with Crippen LogP contribution in [0.25, 0.3) is 0 Å². The monoisotopic (exact) mass is 681 g/mol. The molecule has 0 aliphatic heterocycles. The Morgan fingerprint density at radius 1 is 0.884 bits per heavy atom. The van der Waals surface area contributed by atoms with Gasteiger partial charge in [-0.2, -0.15) is 0 Å². The molecule has 0 bridgehead atoms. The molecule has 0 heterocycles. The first-order valence-electron chi connectivity index (χ1n) is 13.8. The molecule has 4 aromatic rings. The van der Waals surface area contributed by atoms with Gasteiger partial charge in [-0.05, 0) is 67.4 Å². The van der Waals surface area contributed by atoms with Gasteiger partial charge < -0.3 is 10.2 Å². The molecule has 10 heteroatoms. The van der Waals surface area contributed by atoms with Crippen LogP contribution in [0.2, 0.25) is 5.02 Å². The summed E-state index contributed by atoms with van der Waals surface area (Å²) in [6, 6.07) is 28.8. The van der Waals surface area contributed by atoms with Crippen LogP contribution in [0.3, 0.4) is 0 Å². The van der Waals surface area contributed by atoms with Gasteiger partial charge in [0, 0.05) is 29.0 Å². The predicted octanol–water partition coefficient (Wildman–Crippen LogP) is 6.38. The number of amides is 2. The number of likely N-dealkylation sites (N-methyl/N-ethyl adjacent to an activating group) is 1. The molecule has 0 aliphatic rings. The van der Waals surface area contributed by atoms with E-state index in [1.165, 1.54) is 17.0 Å². The second-order valence-electron chi connectivity index (χ2n) is 10.1. The van der Waals surface area contributed by atoms with Crippen molar-refractivity contribution in [3.8, 4) is 0 Å². The molecule has 4 aromatic carbocycles. The Morgan fingerprint density at radius 3 is 2.21 bits per heavy atom. The molecule has 43 heavy (non-hydrogen) atoms. The van der Waals surface area contributed by atoms with Crippen molar-refractivity contribution in [2.24, 2.45) is 0 Å². The van der Waals surface area contributed by atoms with E-state index in [0.29, 0.717) is 27.3 Å². The smallest absolute Gasteiger partial charge is 0.264 e. The van der Waals surface area contributed by atoms with Crippen LogP contribution in [0.1, 0.15) is 23.6 Å². The van der Waals surface area contributed by atoms with Gasteiger partial charge in [-0.3, -0.25) is 13.9 Å². The SMILES string of the molecule is CCNC(=O)[C@H](Cc1ccccc1)N(Cc1cccc(Cl)c1)C(=O)CN(c1cccc(Br)c1)S(=O)(=O)c1ccc(C)cc1. The molecular formula is C33H33BrClN3O4S. The molecular weight excluding hydrogens is 650 g/mol. The molecule has 7 nitrogen and oxygen atoms in total. The van der Waals surface area contributed by atoms with Gasteiger partial charge >= 0.3 is 0 Å². The van der Waals surface area contributed by atoms with Crippen LogP contribution in [0, 0.1) is 6.92 Å². The van der Waals surface area contributed by atoms with Crippen molar-refractivity contribution in [3.05, 3.63) is 129 Å². The molecule has 2 amide bonds. The topological polar surface area (TPSA) is 86.8 Å². The lowest BCUT2D eigenvalue weighted by Crippen LogP contribution is -2.53. The lowest BCUT2D eigenvalue weighted by atomic mass is 10.0. The van der Waals surface area contributed by atoms with E-state index in [4.69, 9.17) is 11.6 Å². The zero-order valence-corrected chi connectivity index (χ0v) is 27.1. The number of anilines is 1. The molecule has 1 N–H and O–H groups in total. The number of nitrogens with one attached hydrogen (secondary N) is 1. The first-order valence-corrected chi connectivity index (χ1v) is 16.4. The lowest BCUT2D eigenvalue weighted by molar-refractivity contribution is -0.140. The molecule has 0 radical (unpaired) electrons. The van der Waals surface area contributed by atoms with E-state index in [1.807, 2.05) is 50.2 Å². The van der Waals surface area contributed by atoms with Crippen molar-refractivity contribution in [1.82, 2.24) is 10.2 Å². The number of hydrogen-bond donors (Lipinski definition) is 1. The maximum absolute atomic E-state index is 14.4. The molecule has 1 atom stereocenters. The lowest BCUT2D eigenvalue weighted by Gasteiger charge is -2.34. The summed E-state index contributed by atoms with van der Waals surface area (Å²) in [5.41, 5.74) is 2.78. The van der Waals surface area contributed by atoms with E-state index in [1.54, 1.807) is 54.6 Å². The van der Waals surface area contributed by atoms with Crippen molar-refractivity contribution in [1.29, 1.82) is 0 Å². The molecule has 224 valence electrons. The minimum Gasteiger partial charge on any atom is -0.355 e. The van der Waals surface area contributed by atoms with E-state index < -0.39 is 28.5 Å². The average Bonchev–Trinajstić information content (AvgIpc) is 2.98. The summed E-state index contributed by atoms with van der Waals surface area (Å²) in [4.78, 5) is 29.4. The van der Waals surface area contributed by atoms with Gasteiger partial charge in [0.05, 0.1) is 10.6 Å². The van der Waals surface area contributed by atoms with Gasteiger partial charge in [0.25, 0.3) is 10.0 Å². The quantitative estimate of drug-likeness (QED) is 0.188.